The highest BCUT2D eigenvalue weighted by Gasteiger charge is 2.00. The molecule has 2 rings (SSSR count). The lowest BCUT2D eigenvalue weighted by Gasteiger charge is -2.07. The van der Waals surface area contributed by atoms with Gasteiger partial charge in [-0.25, -0.2) is 15.0 Å². The van der Waals surface area contributed by atoms with Crippen LogP contribution in [0.3, 0.4) is 0 Å². The van der Waals surface area contributed by atoms with E-state index in [4.69, 9.17) is 11.6 Å². The summed E-state index contributed by atoms with van der Waals surface area (Å²) in [6.45, 7) is 0. The van der Waals surface area contributed by atoms with Gasteiger partial charge in [-0.1, -0.05) is 0 Å². The Balaban J connectivity index is 2.23. The van der Waals surface area contributed by atoms with Crippen LogP contribution in [-0.4, -0.2) is 23.7 Å². The Hall–Kier alpha value is -1.57. The number of hydrogen-bond acceptors (Lipinski definition) is 5. The Morgan fingerprint density at radius 2 is 1.76 bits per heavy atom. The molecule has 2 aromatic rings. The van der Waals surface area contributed by atoms with E-state index >= 15 is 0 Å². The molecule has 0 bridgehead atoms. The molecule has 17 heavy (non-hydrogen) atoms. The van der Waals surface area contributed by atoms with E-state index in [9.17, 15) is 8.76 Å². The fourth-order valence-corrected chi connectivity index (χ4v) is 1.56. The molecule has 2 heterocycles. The largest absolute Gasteiger partial charge is 0.755 e. The third-order valence-corrected chi connectivity index (χ3v) is 2.48. The van der Waals surface area contributed by atoms with Crippen molar-refractivity contribution in [3.05, 3.63) is 36.0 Å². The predicted molar refractivity (Wildman–Crippen MR) is 62.8 cm³/mol. The van der Waals surface area contributed by atoms with E-state index in [1.807, 2.05) is 0 Å². The summed E-state index contributed by atoms with van der Waals surface area (Å²) in [5.41, 5.74) is 1.51. The van der Waals surface area contributed by atoms with Crippen LogP contribution in [-0.2, 0) is 11.3 Å². The number of nitrogens with one attached hydrogen (secondary N) is 1. The highest BCUT2D eigenvalue weighted by atomic mass is 35.5. The summed E-state index contributed by atoms with van der Waals surface area (Å²) in [5, 5.41) is 0.168. The molecule has 0 fully saturated rings. The van der Waals surface area contributed by atoms with Crippen molar-refractivity contribution in [2.24, 2.45) is 0 Å². The Bertz CT molecular complexity index is 532. The minimum absolute atomic E-state index is 0.168. The molecule has 2 aromatic heterocycles. The second-order valence-corrected chi connectivity index (χ2v) is 4.02. The Morgan fingerprint density at radius 3 is 2.29 bits per heavy atom. The second-order valence-electron chi connectivity index (χ2n) is 3.01. The van der Waals surface area contributed by atoms with Crippen molar-refractivity contribution >= 4 is 28.7 Å². The van der Waals surface area contributed by atoms with Gasteiger partial charge in [-0.05, 0) is 23.7 Å². The van der Waals surface area contributed by atoms with Gasteiger partial charge >= 0.3 is 0 Å². The number of halogens is 1. The SMILES string of the molecule is O=S([O-])Nc1ccc(-c2cnc(Cl)nc2)cn1. The quantitative estimate of drug-likeness (QED) is 0.672. The molecule has 0 radical (unpaired) electrons. The zero-order valence-electron chi connectivity index (χ0n) is 8.33. The normalized spacial score (nSPS) is 12.1. The van der Waals surface area contributed by atoms with E-state index in [1.165, 1.54) is 6.20 Å². The van der Waals surface area contributed by atoms with Gasteiger partial charge in [0.1, 0.15) is 5.82 Å². The minimum atomic E-state index is -2.38. The lowest BCUT2D eigenvalue weighted by Crippen LogP contribution is -2.03. The molecule has 0 saturated carbocycles. The van der Waals surface area contributed by atoms with Crippen LogP contribution in [0.4, 0.5) is 5.82 Å². The number of anilines is 1. The summed E-state index contributed by atoms with van der Waals surface area (Å²) >= 11 is 3.19. The van der Waals surface area contributed by atoms with Gasteiger partial charge in [-0.3, -0.25) is 4.21 Å². The van der Waals surface area contributed by atoms with Crippen molar-refractivity contribution in [3.63, 3.8) is 0 Å². The van der Waals surface area contributed by atoms with Gasteiger partial charge in [0.25, 0.3) is 0 Å². The summed E-state index contributed by atoms with van der Waals surface area (Å²) in [6.07, 6.45) is 4.64. The second kappa shape index (κ2) is 5.17. The standard InChI is InChI=1S/C9H7ClN4O2S/c10-9-12-4-7(5-13-9)6-1-2-8(11-3-6)14-17(15)16/h1-5H,(H,11,14)(H,15,16)/p-1. The summed E-state index contributed by atoms with van der Waals surface area (Å²) in [5.74, 6) is 0.247. The van der Waals surface area contributed by atoms with Gasteiger partial charge < -0.3 is 9.27 Å². The molecule has 0 aromatic carbocycles. The highest BCUT2D eigenvalue weighted by Crippen LogP contribution is 2.18. The van der Waals surface area contributed by atoms with E-state index in [1.54, 1.807) is 24.5 Å². The molecule has 1 N–H and O–H groups in total. The smallest absolute Gasteiger partial charge is 0.222 e. The van der Waals surface area contributed by atoms with Crippen LogP contribution < -0.4 is 4.72 Å². The van der Waals surface area contributed by atoms with Crippen LogP contribution in [0.1, 0.15) is 0 Å². The van der Waals surface area contributed by atoms with Gasteiger partial charge in [0.05, 0.1) is 0 Å². The van der Waals surface area contributed by atoms with E-state index < -0.39 is 11.3 Å². The summed E-state index contributed by atoms with van der Waals surface area (Å²) in [7, 11) is 0. The molecule has 0 saturated heterocycles. The molecule has 1 unspecified atom stereocenters. The Morgan fingerprint density at radius 1 is 1.12 bits per heavy atom. The van der Waals surface area contributed by atoms with Crippen molar-refractivity contribution in [2.75, 3.05) is 4.72 Å². The highest BCUT2D eigenvalue weighted by molar-refractivity contribution is 7.80. The molecule has 0 spiro atoms. The van der Waals surface area contributed by atoms with Crippen LogP contribution >= 0.6 is 11.6 Å². The zero-order chi connectivity index (χ0) is 12.3. The van der Waals surface area contributed by atoms with Gasteiger partial charge in [-0.2, -0.15) is 0 Å². The van der Waals surface area contributed by atoms with Crippen molar-refractivity contribution in [2.45, 2.75) is 0 Å². The van der Waals surface area contributed by atoms with Gasteiger partial charge in [0.15, 0.2) is 0 Å². The maximum absolute atomic E-state index is 10.4. The number of hydrogen-bond donors (Lipinski definition) is 1. The van der Waals surface area contributed by atoms with E-state index in [0.717, 1.165) is 11.1 Å². The number of nitrogens with zero attached hydrogens (tertiary/aromatic N) is 3. The first-order valence-electron chi connectivity index (χ1n) is 4.45. The van der Waals surface area contributed by atoms with Crippen molar-refractivity contribution in [3.8, 4) is 11.1 Å². The van der Waals surface area contributed by atoms with Crippen LogP contribution in [0.5, 0.6) is 0 Å². The average molecular weight is 270 g/mol. The summed E-state index contributed by atoms with van der Waals surface area (Å²) in [4.78, 5) is 11.6. The maximum Gasteiger partial charge on any atom is 0.222 e. The Labute approximate surface area is 105 Å². The first-order valence-corrected chi connectivity index (χ1v) is 5.90. The topological polar surface area (TPSA) is 90.8 Å². The molecule has 0 aliphatic carbocycles. The number of pyridine rings is 1. The molecule has 88 valence electrons. The van der Waals surface area contributed by atoms with E-state index in [-0.39, 0.29) is 11.1 Å². The van der Waals surface area contributed by atoms with Crippen LogP contribution in [0.2, 0.25) is 5.28 Å². The van der Waals surface area contributed by atoms with Crippen LogP contribution in [0.15, 0.2) is 30.7 Å². The molecule has 8 heteroatoms. The number of rotatable bonds is 3. The molecule has 0 amide bonds. The first-order chi connectivity index (χ1) is 8.15. The van der Waals surface area contributed by atoms with Crippen molar-refractivity contribution in [1.82, 2.24) is 15.0 Å². The van der Waals surface area contributed by atoms with Gasteiger partial charge in [0, 0.05) is 41.0 Å². The third kappa shape index (κ3) is 3.19. The van der Waals surface area contributed by atoms with E-state index in [2.05, 4.69) is 19.7 Å². The van der Waals surface area contributed by atoms with E-state index in [0.29, 0.717) is 0 Å². The monoisotopic (exact) mass is 269 g/mol. The lowest BCUT2D eigenvalue weighted by molar-refractivity contribution is 0.542. The van der Waals surface area contributed by atoms with Gasteiger partial charge in [-0.15, -0.1) is 0 Å². The summed E-state index contributed by atoms with van der Waals surface area (Å²) < 4.78 is 22.9. The molecule has 0 aliphatic heterocycles. The molecule has 1 atom stereocenters. The Kier molecular flexibility index (Phi) is 3.62. The molecule has 6 nitrogen and oxygen atoms in total. The molecule has 0 aliphatic rings. The first kappa shape index (κ1) is 11.9. The zero-order valence-corrected chi connectivity index (χ0v) is 9.90. The molecular weight excluding hydrogens is 264 g/mol. The number of aromatic nitrogens is 3. The van der Waals surface area contributed by atoms with Crippen molar-refractivity contribution in [1.29, 1.82) is 0 Å². The minimum Gasteiger partial charge on any atom is -0.755 e. The average Bonchev–Trinajstić information content (AvgIpc) is 2.30. The van der Waals surface area contributed by atoms with Crippen LogP contribution in [0.25, 0.3) is 11.1 Å². The fourth-order valence-electron chi connectivity index (χ4n) is 1.17. The molecular formula is C9H6ClN4O2S-. The maximum atomic E-state index is 10.4. The fraction of sp³-hybridized carbons (Fsp3) is 0. The lowest BCUT2D eigenvalue weighted by atomic mass is 10.1. The summed E-state index contributed by atoms with van der Waals surface area (Å²) in [6, 6.07) is 3.24. The van der Waals surface area contributed by atoms with Crippen LogP contribution in [0, 0.1) is 0 Å². The van der Waals surface area contributed by atoms with Crippen molar-refractivity contribution < 1.29 is 8.76 Å². The predicted octanol–water partition coefficient (Wildman–Crippen LogP) is 1.40. The third-order valence-electron chi connectivity index (χ3n) is 1.91. The van der Waals surface area contributed by atoms with Gasteiger partial charge in [0.2, 0.25) is 5.28 Å².